The summed E-state index contributed by atoms with van der Waals surface area (Å²) in [4.78, 5) is 14.9. The van der Waals surface area contributed by atoms with E-state index in [1.165, 1.54) is 30.4 Å². The van der Waals surface area contributed by atoms with Crippen molar-refractivity contribution in [2.75, 3.05) is 26.2 Å². The zero-order chi connectivity index (χ0) is 15.5. The van der Waals surface area contributed by atoms with Crippen LogP contribution in [0.1, 0.15) is 60.0 Å². The molecule has 0 bridgehead atoms. The Labute approximate surface area is 146 Å². The summed E-state index contributed by atoms with van der Waals surface area (Å²) >= 11 is 0. The van der Waals surface area contributed by atoms with Crippen LogP contribution >= 0.6 is 12.4 Å². The van der Waals surface area contributed by atoms with Gasteiger partial charge in [-0.1, -0.05) is 18.6 Å². The second kappa shape index (κ2) is 8.16. The first kappa shape index (κ1) is 18.3. The van der Waals surface area contributed by atoms with Crippen molar-refractivity contribution < 1.29 is 4.79 Å². The summed E-state index contributed by atoms with van der Waals surface area (Å²) in [6.45, 7) is 8.36. The average Bonchev–Trinajstić information content (AvgIpc) is 2.54. The lowest BCUT2D eigenvalue weighted by Crippen LogP contribution is -2.39. The maximum atomic E-state index is 12.8. The number of amides is 1. The number of rotatable bonds is 2. The van der Waals surface area contributed by atoms with Gasteiger partial charge in [-0.05, 0) is 75.2 Å². The van der Waals surface area contributed by atoms with Crippen LogP contribution in [-0.4, -0.2) is 37.0 Å². The first-order valence-corrected chi connectivity index (χ1v) is 8.75. The third-order valence-corrected chi connectivity index (χ3v) is 5.10. The van der Waals surface area contributed by atoms with Gasteiger partial charge in [-0.25, -0.2) is 0 Å². The highest BCUT2D eigenvalue weighted by atomic mass is 35.5. The molecular formula is C19H29ClN2O. The molecule has 23 heavy (non-hydrogen) atoms. The highest BCUT2D eigenvalue weighted by Gasteiger charge is 2.23. The number of piperidine rings is 2. The molecule has 1 N–H and O–H groups in total. The average molecular weight is 337 g/mol. The predicted molar refractivity (Wildman–Crippen MR) is 97.6 cm³/mol. The van der Waals surface area contributed by atoms with E-state index in [0.717, 1.165) is 38.2 Å². The fourth-order valence-corrected chi connectivity index (χ4v) is 3.88. The molecule has 1 atom stereocenters. The Bertz CT molecular complexity index is 540. The molecule has 0 aromatic heterocycles. The lowest BCUT2D eigenvalue weighted by Gasteiger charge is -2.31. The van der Waals surface area contributed by atoms with E-state index < -0.39 is 0 Å². The fourth-order valence-electron chi connectivity index (χ4n) is 3.88. The monoisotopic (exact) mass is 336 g/mol. The Morgan fingerprint density at radius 2 is 1.91 bits per heavy atom. The molecule has 128 valence electrons. The largest absolute Gasteiger partial charge is 0.338 e. The standard InChI is InChI=1S/C19H28N2O.ClH/c1-14-4-3-9-21(13-14)19(22)18-11-15(2)10-17(12-18)16-5-7-20-8-6-16;/h10-12,14,16,20H,3-9,13H2,1-2H3;1H. The number of nitrogens with zero attached hydrogens (tertiary/aromatic N) is 1. The summed E-state index contributed by atoms with van der Waals surface area (Å²) < 4.78 is 0. The summed E-state index contributed by atoms with van der Waals surface area (Å²) in [7, 11) is 0. The van der Waals surface area contributed by atoms with Gasteiger partial charge in [0, 0.05) is 18.7 Å². The van der Waals surface area contributed by atoms with E-state index in [0.29, 0.717) is 11.8 Å². The normalized spacial score (nSPS) is 22.5. The topological polar surface area (TPSA) is 32.3 Å². The van der Waals surface area contributed by atoms with E-state index in [1.54, 1.807) is 0 Å². The Morgan fingerprint density at radius 3 is 2.61 bits per heavy atom. The van der Waals surface area contributed by atoms with Crippen LogP contribution in [0.3, 0.4) is 0 Å². The van der Waals surface area contributed by atoms with Crippen LogP contribution in [0.2, 0.25) is 0 Å². The van der Waals surface area contributed by atoms with E-state index >= 15 is 0 Å². The molecule has 1 aromatic carbocycles. The minimum absolute atomic E-state index is 0. The SMILES string of the molecule is Cc1cc(C(=O)N2CCCC(C)C2)cc(C2CCNCC2)c1.Cl. The van der Waals surface area contributed by atoms with Gasteiger partial charge in [-0.3, -0.25) is 4.79 Å². The zero-order valence-corrected chi connectivity index (χ0v) is 15.1. The van der Waals surface area contributed by atoms with Crippen LogP contribution < -0.4 is 5.32 Å². The smallest absolute Gasteiger partial charge is 0.253 e. The summed E-state index contributed by atoms with van der Waals surface area (Å²) in [5, 5.41) is 3.42. The van der Waals surface area contributed by atoms with Crippen molar-refractivity contribution >= 4 is 18.3 Å². The minimum Gasteiger partial charge on any atom is -0.338 e. The van der Waals surface area contributed by atoms with Crippen molar-refractivity contribution in [3.63, 3.8) is 0 Å². The summed E-state index contributed by atoms with van der Waals surface area (Å²) in [6.07, 6.45) is 4.74. The zero-order valence-electron chi connectivity index (χ0n) is 14.3. The van der Waals surface area contributed by atoms with Crippen molar-refractivity contribution in [2.24, 2.45) is 5.92 Å². The van der Waals surface area contributed by atoms with Gasteiger partial charge >= 0.3 is 0 Å². The minimum atomic E-state index is 0. The van der Waals surface area contributed by atoms with E-state index in [-0.39, 0.29) is 18.3 Å². The number of aryl methyl sites for hydroxylation is 1. The van der Waals surface area contributed by atoms with Gasteiger partial charge in [0.2, 0.25) is 0 Å². The Morgan fingerprint density at radius 1 is 1.17 bits per heavy atom. The highest BCUT2D eigenvalue weighted by molar-refractivity contribution is 5.94. The predicted octanol–water partition coefficient (Wildman–Crippen LogP) is 3.76. The second-order valence-electron chi connectivity index (χ2n) is 7.16. The Hall–Kier alpha value is -1.06. The molecule has 2 saturated heterocycles. The third-order valence-electron chi connectivity index (χ3n) is 5.10. The van der Waals surface area contributed by atoms with Gasteiger partial charge < -0.3 is 10.2 Å². The van der Waals surface area contributed by atoms with Gasteiger partial charge in [0.25, 0.3) is 5.91 Å². The van der Waals surface area contributed by atoms with Crippen molar-refractivity contribution in [1.82, 2.24) is 10.2 Å². The van der Waals surface area contributed by atoms with E-state index in [9.17, 15) is 4.79 Å². The van der Waals surface area contributed by atoms with E-state index in [1.807, 2.05) is 0 Å². The molecule has 4 heteroatoms. The lowest BCUT2D eigenvalue weighted by molar-refractivity contribution is 0.0683. The van der Waals surface area contributed by atoms with Crippen molar-refractivity contribution in [1.29, 1.82) is 0 Å². The number of halogens is 1. The summed E-state index contributed by atoms with van der Waals surface area (Å²) in [5.74, 6) is 1.46. The quantitative estimate of drug-likeness (QED) is 0.892. The Kier molecular flexibility index (Phi) is 6.49. The van der Waals surface area contributed by atoms with Crippen LogP contribution in [-0.2, 0) is 0 Å². The molecule has 3 nitrogen and oxygen atoms in total. The number of hydrogen-bond donors (Lipinski definition) is 1. The first-order valence-electron chi connectivity index (χ1n) is 8.75. The van der Waals surface area contributed by atoms with Crippen LogP contribution in [0.5, 0.6) is 0 Å². The molecule has 2 fully saturated rings. The van der Waals surface area contributed by atoms with Crippen LogP contribution in [0.25, 0.3) is 0 Å². The number of hydrogen-bond acceptors (Lipinski definition) is 2. The number of likely N-dealkylation sites (tertiary alicyclic amines) is 1. The van der Waals surface area contributed by atoms with Gasteiger partial charge in [-0.15, -0.1) is 12.4 Å². The first-order chi connectivity index (χ1) is 10.6. The molecule has 0 spiro atoms. The van der Waals surface area contributed by atoms with Gasteiger partial charge in [0.15, 0.2) is 0 Å². The highest BCUT2D eigenvalue weighted by Crippen LogP contribution is 2.28. The second-order valence-corrected chi connectivity index (χ2v) is 7.16. The molecule has 2 aliphatic rings. The maximum absolute atomic E-state index is 12.8. The van der Waals surface area contributed by atoms with Gasteiger partial charge in [0.05, 0.1) is 0 Å². The Balaban J connectivity index is 0.00000192. The molecule has 0 saturated carbocycles. The van der Waals surface area contributed by atoms with Crippen molar-refractivity contribution in [3.05, 3.63) is 34.9 Å². The molecule has 1 aromatic rings. The number of nitrogens with one attached hydrogen (secondary N) is 1. The van der Waals surface area contributed by atoms with Crippen molar-refractivity contribution in [2.45, 2.75) is 45.4 Å². The van der Waals surface area contributed by atoms with E-state index in [2.05, 4.69) is 42.3 Å². The number of carbonyl (C=O) groups is 1. The summed E-state index contributed by atoms with van der Waals surface area (Å²) in [5.41, 5.74) is 3.46. The van der Waals surface area contributed by atoms with Gasteiger partial charge in [0.1, 0.15) is 0 Å². The molecule has 2 heterocycles. The van der Waals surface area contributed by atoms with Crippen LogP contribution in [0.4, 0.5) is 0 Å². The molecule has 1 unspecified atom stereocenters. The van der Waals surface area contributed by atoms with Crippen LogP contribution in [0, 0.1) is 12.8 Å². The summed E-state index contributed by atoms with van der Waals surface area (Å²) in [6, 6.07) is 6.49. The van der Waals surface area contributed by atoms with Gasteiger partial charge in [-0.2, -0.15) is 0 Å². The van der Waals surface area contributed by atoms with E-state index in [4.69, 9.17) is 0 Å². The lowest BCUT2D eigenvalue weighted by atomic mass is 9.88. The number of carbonyl (C=O) groups excluding carboxylic acids is 1. The molecule has 2 aliphatic heterocycles. The maximum Gasteiger partial charge on any atom is 0.253 e. The number of benzene rings is 1. The molecule has 0 aliphatic carbocycles. The third kappa shape index (κ3) is 4.48. The molecule has 0 radical (unpaired) electrons. The molecule has 3 rings (SSSR count). The van der Waals surface area contributed by atoms with Crippen LogP contribution in [0.15, 0.2) is 18.2 Å². The molecular weight excluding hydrogens is 308 g/mol. The van der Waals surface area contributed by atoms with Crippen molar-refractivity contribution in [3.8, 4) is 0 Å². The molecule has 1 amide bonds. The fraction of sp³-hybridized carbons (Fsp3) is 0.632.